The van der Waals surface area contributed by atoms with E-state index in [0.717, 1.165) is 6.07 Å². The first-order valence-electron chi connectivity index (χ1n) is 9.15. The number of esters is 1. The third kappa shape index (κ3) is 7.54. The number of non-ortho nitro benzene ring substituents is 1. The van der Waals surface area contributed by atoms with E-state index in [1.165, 1.54) is 19.1 Å². The molecule has 0 spiro atoms. The summed E-state index contributed by atoms with van der Waals surface area (Å²) in [7, 11) is 0. The Hall–Kier alpha value is -3.17. The Morgan fingerprint density at radius 3 is 2.45 bits per heavy atom. The predicted octanol–water partition coefficient (Wildman–Crippen LogP) is 3.98. The molecule has 0 aromatic heterocycles. The lowest BCUT2D eigenvalue weighted by atomic mass is 10.2. The molecule has 0 saturated carbocycles. The zero-order valence-electron chi connectivity index (χ0n) is 16.4. The summed E-state index contributed by atoms with van der Waals surface area (Å²) in [5.74, 6) is -1.62. The number of nitrogens with one attached hydrogen (secondary N) is 2. The molecule has 9 nitrogen and oxygen atoms in total. The number of nitro benzene ring substituents is 1. The number of carbonyl (C=O) groups excluding carboxylic acids is 3. The molecule has 0 saturated heterocycles. The largest absolute Gasteiger partial charge is 0.453 e. The van der Waals surface area contributed by atoms with Gasteiger partial charge < -0.3 is 15.4 Å². The zero-order chi connectivity index (χ0) is 23.0. The molecule has 2 N–H and O–H groups in total. The fourth-order valence-electron chi connectivity index (χ4n) is 2.40. The average Bonchev–Trinajstić information content (AvgIpc) is 2.72. The van der Waals surface area contributed by atoms with Gasteiger partial charge in [-0.15, -0.1) is 0 Å². The van der Waals surface area contributed by atoms with Gasteiger partial charge in [-0.05, 0) is 43.7 Å². The standard InChI is InChI=1S/C20H19Cl2N3O6/c1-12(19(27)24-17-11-15(25(29)30)8-9-16(17)22)31-18(26)3-2-10-23-20(28)13-4-6-14(21)7-5-13/h4-9,11-12H,2-3,10H2,1H3,(H,23,28)(H,24,27). The summed E-state index contributed by atoms with van der Waals surface area (Å²) >= 11 is 11.7. The Morgan fingerprint density at radius 1 is 1.13 bits per heavy atom. The first-order valence-corrected chi connectivity index (χ1v) is 9.91. The molecule has 1 atom stereocenters. The molecule has 0 aliphatic carbocycles. The van der Waals surface area contributed by atoms with E-state index in [4.69, 9.17) is 27.9 Å². The van der Waals surface area contributed by atoms with E-state index in [0.29, 0.717) is 17.0 Å². The van der Waals surface area contributed by atoms with Crippen molar-refractivity contribution >= 4 is 52.4 Å². The SMILES string of the molecule is CC(OC(=O)CCCNC(=O)c1ccc(Cl)cc1)C(=O)Nc1cc([N+](=O)[O-])ccc1Cl. The van der Waals surface area contributed by atoms with E-state index in [-0.39, 0.29) is 35.3 Å². The maximum atomic E-state index is 12.2. The first-order chi connectivity index (χ1) is 14.7. The van der Waals surface area contributed by atoms with Crippen LogP contribution in [0.2, 0.25) is 10.0 Å². The Bertz CT molecular complexity index is 981. The van der Waals surface area contributed by atoms with Crippen LogP contribution in [0, 0.1) is 10.1 Å². The Morgan fingerprint density at radius 2 is 1.81 bits per heavy atom. The molecule has 0 bridgehead atoms. The van der Waals surface area contributed by atoms with E-state index in [9.17, 15) is 24.5 Å². The lowest BCUT2D eigenvalue weighted by molar-refractivity contribution is -0.384. The van der Waals surface area contributed by atoms with Crippen molar-refractivity contribution in [2.45, 2.75) is 25.9 Å². The summed E-state index contributed by atoms with van der Waals surface area (Å²) < 4.78 is 5.05. The molecule has 0 aliphatic rings. The number of ether oxygens (including phenoxy) is 1. The Kier molecular flexibility index (Phi) is 8.77. The molecule has 11 heteroatoms. The second-order valence-electron chi connectivity index (χ2n) is 6.41. The van der Waals surface area contributed by atoms with E-state index >= 15 is 0 Å². The van der Waals surface area contributed by atoms with Gasteiger partial charge in [0.2, 0.25) is 0 Å². The highest BCUT2D eigenvalue weighted by Gasteiger charge is 2.20. The van der Waals surface area contributed by atoms with Crippen molar-refractivity contribution < 1.29 is 24.0 Å². The molecule has 0 aliphatic heterocycles. The summed E-state index contributed by atoms with van der Waals surface area (Å²) in [4.78, 5) is 46.3. The number of hydrogen-bond acceptors (Lipinski definition) is 6. The van der Waals surface area contributed by atoms with Crippen molar-refractivity contribution in [3.63, 3.8) is 0 Å². The van der Waals surface area contributed by atoms with Crippen molar-refractivity contribution in [2.75, 3.05) is 11.9 Å². The van der Waals surface area contributed by atoms with Gasteiger partial charge in [0.05, 0.1) is 15.6 Å². The summed E-state index contributed by atoms with van der Waals surface area (Å²) in [6.45, 7) is 1.60. The monoisotopic (exact) mass is 467 g/mol. The molecule has 31 heavy (non-hydrogen) atoms. The number of rotatable bonds is 9. The topological polar surface area (TPSA) is 128 Å². The minimum Gasteiger partial charge on any atom is -0.453 e. The summed E-state index contributed by atoms with van der Waals surface area (Å²) in [5, 5.41) is 16.5. The van der Waals surface area contributed by atoms with Gasteiger partial charge in [-0.2, -0.15) is 0 Å². The van der Waals surface area contributed by atoms with Crippen molar-refractivity contribution in [1.82, 2.24) is 5.32 Å². The van der Waals surface area contributed by atoms with Gasteiger partial charge in [0, 0.05) is 35.7 Å². The van der Waals surface area contributed by atoms with Crippen molar-refractivity contribution in [3.05, 3.63) is 68.2 Å². The molecule has 1 unspecified atom stereocenters. The molecule has 2 rings (SSSR count). The van der Waals surface area contributed by atoms with Gasteiger partial charge in [0.1, 0.15) is 0 Å². The van der Waals surface area contributed by atoms with Crippen LogP contribution in [0.4, 0.5) is 11.4 Å². The maximum Gasteiger partial charge on any atom is 0.306 e. The molecule has 2 aromatic carbocycles. The van der Waals surface area contributed by atoms with Crippen LogP contribution in [0.3, 0.4) is 0 Å². The summed E-state index contributed by atoms with van der Waals surface area (Å²) in [6.07, 6.45) is -0.856. The number of nitrogens with zero attached hydrogens (tertiary/aromatic N) is 1. The number of anilines is 1. The first kappa shape index (κ1) is 24.1. The van der Waals surface area contributed by atoms with Gasteiger partial charge in [0.25, 0.3) is 17.5 Å². The third-order valence-electron chi connectivity index (χ3n) is 4.05. The number of carbonyl (C=O) groups is 3. The summed E-state index contributed by atoms with van der Waals surface area (Å²) in [5.41, 5.74) is 0.232. The maximum absolute atomic E-state index is 12.2. The molecule has 2 amide bonds. The predicted molar refractivity (Wildman–Crippen MR) is 115 cm³/mol. The molecule has 0 heterocycles. The highest BCUT2D eigenvalue weighted by Crippen LogP contribution is 2.26. The highest BCUT2D eigenvalue weighted by atomic mass is 35.5. The number of amides is 2. The number of nitro groups is 1. The van der Waals surface area contributed by atoms with Crippen LogP contribution in [0.1, 0.15) is 30.1 Å². The van der Waals surface area contributed by atoms with Crippen LogP contribution >= 0.6 is 23.2 Å². The minimum atomic E-state index is -1.15. The highest BCUT2D eigenvalue weighted by molar-refractivity contribution is 6.33. The number of benzene rings is 2. The van der Waals surface area contributed by atoms with Crippen molar-refractivity contribution in [1.29, 1.82) is 0 Å². The minimum absolute atomic E-state index is 0.0178. The normalized spacial score (nSPS) is 11.3. The molecule has 164 valence electrons. The van der Waals surface area contributed by atoms with E-state index < -0.39 is 22.9 Å². The lowest BCUT2D eigenvalue weighted by Crippen LogP contribution is -2.30. The van der Waals surface area contributed by atoms with E-state index in [1.54, 1.807) is 24.3 Å². The fourth-order valence-corrected chi connectivity index (χ4v) is 2.70. The second kappa shape index (κ2) is 11.3. The molecular formula is C20H19Cl2N3O6. The van der Waals surface area contributed by atoms with Crippen LogP contribution in [0.15, 0.2) is 42.5 Å². The van der Waals surface area contributed by atoms with E-state index in [1.807, 2.05) is 0 Å². The zero-order valence-corrected chi connectivity index (χ0v) is 17.9. The van der Waals surface area contributed by atoms with Gasteiger partial charge in [-0.1, -0.05) is 23.2 Å². The van der Waals surface area contributed by atoms with Crippen molar-refractivity contribution in [2.24, 2.45) is 0 Å². The average molecular weight is 468 g/mol. The van der Waals surface area contributed by atoms with Crippen LogP contribution in [0.25, 0.3) is 0 Å². The van der Waals surface area contributed by atoms with Crippen LogP contribution in [0.5, 0.6) is 0 Å². The molecule has 2 aromatic rings. The molecule has 0 radical (unpaired) electrons. The van der Waals surface area contributed by atoms with Gasteiger partial charge in [-0.25, -0.2) is 0 Å². The van der Waals surface area contributed by atoms with Gasteiger partial charge in [-0.3, -0.25) is 24.5 Å². The third-order valence-corrected chi connectivity index (χ3v) is 4.63. The van der Waals surface area contributed by atoms with Crippen LogP contribution < -0.4 is 10.6 Å². The number of hydrogen-bond donors (Lipinski definition) is 2. The number of halogens is 2. The Labute approximate surface area is 187 Å². The second-order valence-corrected chi connectivity index (χ2v) is 7.25. The van der Waals surface area contributed by atoms with Gasteiger partial charge >= 0.3 is 5.97 Å². The van der Waals surface area contributed by atoms with E-state index in [2.05, 4.69) is 10.6 Å². The quantitative estimate of drug-likeness (QED) is 0.248. The lowest BCUT2D eigenvalue weighted by Gasteiger charge is -2.14. The summed E-state index contributed by atoms with van der Waals surface area (Å²) in [6, 6.07) is 9.96. The van der Waals surface area contributed by atoms with Crippen LogP contribution in [-0.2, 0) is 14.3 Å². The molecule has 0 fully saturated rings. The smallest absolute Gasteiger partial charge is 0.306 e. The van der Waals surface area contributed by atoms with Crippen molar-refractivity contribution in [3.8, 4) is 0 Å². The Balaban J connectivity index is 1.75. The fraction of sp³-hybridized carbons (Fsp3) is 0.250. The van der Waals surface area contributed by atoms with Crippen LogP contribution in [-0.4, -0.2) is 35.4 Å². The molecular weight excluding hydrogens is 449 g/mol. The van der Waals surface area contributed by atoms with Gasteiger partial charge in [0.15, 0.2) is 6.10 Å².